The fourth-order valence-electron chi connectivity index (χ4n) is 1.51. The first-order valence-corrected chi connectivity index (χ1v) is 5.65. The maximum Gasteiger partial charge on any atom is 0.243 e. The van der Waals surface area contributed by atoms with Crippen molar-refractivity contribution < 1.29 is 18.0 Å². The smallest absolute Gasteiger partial charge is 0.243 e. The minimum Gasteiger partial charge on any atom is -0.385 e. The Labute approximate surface area is 108 Å². The molecule has 0 saturated heterocycles. The van der Waals surface area contributed by atoms with Gasteiger partial charge in [0.2, 0.25) is 11.7 Å². The van der Waals surface area contributed by atoms with Crippen LogP contribution in [0.15, 0.2) is 22.7 Å². The van der Waals surface area contributed by atoms with Crippen LogP contribution in [0.4, 0.5) is 8.78 Å². The van der Waals surface area contributed by atoms with Crippen LogP contribution >= 0.6 is 0 Å². The summed E-state index contributed by atoms with van der Waals surface area (Å²) in [5, 5.41) is 3.69. The summed E-state index contributed by atoms with van der Waals surface area (Å²) < 4.78 is 35.8. The van der Waals surface area contributed by atoms with E-state index in [0.717, 1.165) is 12.1 Å². The van der Waals surface area contributed by atoms with E-state index in [9.17, 15) is 8.78 Å². The minimum absolute atomic E-state index is 0.168. The van der Waals surface area contributed by atoms with Crippen LogP contribution in [0.3, 0.4) is 0 Å². The van der Waals surface area contributed by atoms with Gasteiger partial charge in [0.1, 0.15) is 0 Å². The highest BCUT2D eigenvalue weighted by Gasteiger charge is 2.16. The molecule has 1 atom stereocenters. The standard InChI is InChI=1S/C12H13F2N3O2/c1-18-5-4-10(15)12-16-11(17-19-12)7-2-3-8(13)9(14)6-7/h2-3,6,10H,4-5,15H2,1H3. The lowest BCUT2D eigenvalue weighted by Crippen LogP contribution is -2.12. The fourth-order valence-corrected chi connectivity index (χ4v) is 1.51. The van der Waals surface area contributed by atoms with Crippen LogP contribution in [0.5, 0.6) is 0 Å². The van der Waals surface area contributed by atoms with Gasteiger partial charge in [-0.2, -0.15) is 4.98 Å². The van der Waals surface area contributed by atoms with Gasteiger partial charge < -0.3 is 15.0 Å². The summed E-state index contributed by atoms with van der Waals surface area (Å²) in [6.07, 6.45) is 0.524. The molecule has 2 rings (SSSR count). The zero-order valence-corrected chi connectivity index (χ0v) is 10.3. The van der Waals surface area contributed by atoms with Crippen molar-refractivity contribution in [1.82, 2.24) is 10.1 Å². The van der Waals surface area contributed by atoms with Gasteiger partial charge in [0.15, 0.2) is 11.6 Å². The summed E-state index contributed by atoms with van der Waals surface area (Å²) in [7, 11) is 1.56. The second-order valence-corrected chi connectivity index (χ2v) is 3.97. The van der Waals surface area contributed by atoms with Crippen LogP contribution in [0, 0.1) is 11.6 Å². The largest absolute Gasteiger partial charge is 0.385 e. The maximum absolute atomic E-state index is 13.1. The molecule has 1 aromatic carbocycles. The van der Waals surface area contributed by atoms with Crippen molar-refractivity contribution in [3.05, 3.63) is 35.7 Å². The Morgan fingerprint density at radius 3 is 2.84 bits per heavy atom. The Hall–Kier alpha value is -1.86. The molecule has 0 aliphatic heterocycles. The molecule has 1 aromatic heterocycles. The van der Waals surface area contributed by atoms with E-state index < -0.39 is 17.7 Å². The number of nitrogens with two attached hydrogens (primary N) is 1. The van der Waals surface area contributed by atoms with Crippen molar-refractivity contribution in [1.29, 1.82) is 0 Å². The van der Waals surface area contributed by atoms with Crippen LogP contribution < -0.4 is 5.73 Å². The van der Waals surface area contributed by atoms with E-state index in [1.807, 2.05) is 0 Å². The van der Waals surface area contributed by atoms with Crippen molar-refractivity contribution >= 4 is 0 Å². The third-order valence-electron chi connectivity index (χ3n) is 2.57. The molecule has 0 radical (unpaired) electrons. The lowest BCUT2D eigenvalue weighted by molar-refractivity contribution is 0.182. The molecule has 1 heterocycles. The van der Waals surface area contributed by atoms with Gasteiger partial charge in [-0.05, 0) is 24.6 Å². The van der Waals surface area contributed by atoms with Crippen molar-refractivity contribution in [2.75, 3.05) is 13.7 Å². The Balaban J connectivity index is 2.18. The number of hydrogen-bond donors (Lipinski definition) is 1. The first-order chi connectivity index (χ1) is 9.11. The number of hydrogen-bond acceptors (Lipinski definition) is 5. The van der Waals surface area contributed by atoms with E-state index in [0.29, 0.717) is 18.6 Å². The van der Waals surface area contributed by atoms with Crippen LogP contribution in [-0.2, 0) is 4.74 Å². The first-order valence-electron chi connectivity index (χ1n) is 5.65. The molecule has 5 nitrogen and oxygen atoms in total. The van der Waals surface area contributed by atoms with Crippen LogP contribution in [0.2, 0.25) is 0 Å². The summed E-state index contributed by atoms with van der Waals surface area (Å²) >= 11 is 0. The topological polar surface area (TPSA) is 74.2 Å². The summed E-state index contributed by atoms with van der Waals surface area (Å²) in [6, 6.07) is 2.93. The van der Waals surface area contributed by atoms with Gasteiger partial charge in [-0.25, -0.2) is 8.78 Å². The van der Waals surface area contributed by atoms with Crippen LogP contribution in [-0.4, -0.2) is 23.9 Å². The molecule has 102 valence electrons. The highest BCUT2D eigenvalue weighted by molar-refractivity contribution is 5.54. The van der Waals surface area contributed by atoms with E-state index in [4.69, 9.17) is 15.0 Å². The molecule has 0 spiro atoms. The monoisotopic (exact) mass is 269 g/mol. The second-order valence-electron chi connectivity index (χ2n) is 3.97. The first kappa shape index (κ1) is 13.6. The van der Waals surface area contributed by atoms with E-state index in [-0.39, 0.29) is 11.7 Å². The molecule has 0 amide bonds. The maximum atomic E-state index is 13.1. The van der Waals surface area contributed by atoms with Crippen molar-refractivity contribution in [2.45, 2.75) is 12.5 Å². The molecule has 2 aromatic rings. The third kappa shape index (κ3) is 3.12. The molecule has 0 aliphatic carbocycles. The highest BCUT2D eigenvalue weighted by atomic mass is 19.2. The van der Waals surface area contributed by atoms with Gasteiger partial charge in [0.05, 0.1) is 6.04 Å². The zero-order chi connectivity index (χ0) is 13.8. The molecular formula is C12H13F2N3O2. The lowest BCUT2D eigenvalue weighted by atomic mass is 10.2. The van der Waals surface area contributed by atoms with Crippen LogP contribution in [0.1, 0.15) is 18.4 Å². The Kier molecular flexibility index (Phi) is 4.18. The number of ether oxygens (including phenoxy) is 1. The van der Waals surface area contributed by atoms with Gasteiger partial charge in [0, 0.05) is 19.3 Å². The van der Waals surface area contributed by atoms with Crippen molar-refractivity contribution in [3.63, 3.8) is 0 Å². The molecule has 1 unspecified atom stereocenters. The van der Waals surface area contributed by atoms with Gasteiger partial charge in [-0.1, -0.05) is 5.16 Å². The van der Waals surface area contributed by atoms with Crippen LogP contribution in [0.25, 0.3) is 11.4 Å². The van der Waals surface area contributed by atoms with E-state index >= 15 is 0 Å². The average molecular weight is 269 g/mol. The van der Waals surface area contributed by atoms with Gasteiger partial charge in [-0.15, -0.1) is 0 Å². The van der Waals surface area contributed by atoms with E-state index in [1.165, 1.54) is 6.07 Å². The zero-order valence-electron chi connectivity index (χ0n) is 10.3. The molecule has 2 N–H and O–H groups in total. The predicted octanol–water partition coefficient (Wildman–Crippen LogP) is 2.05. The lowest BCUT2D eigenvalue weighted by Gasteiger charge is -2.04. The highest BCUT2D eigenvalue weighted by Crippen LogP contribution is 2.21. The molecule has 7 heteroatoms. The Morgan fingerprint density at radius 1 is 1.37 bits per heavy atom. The van der Waals surface area contributed by atoms with Gasteiger partial charge in [0.25, 0.3) is 0 Å². The summed E-state index contributed by atoms with van der Waals surface area (Å²) in [4.78, 5) is 4.06. The third-order valence-corrected chi connectivity index (χ3v) is 2.57. The van der Waals surface area contributed by atoms with Gasteiger partial charge in [-0.3, -0.25) is 0 Å². The number of methoxy groups -OCH3 is 1. The van der Waals surface area contributed by atoms with E-state index in [1.54, 1.807) is 7.11 Å². The second kappa shape index (κ2) is 5.85. The Bertz CT molecular complexity index is 560. The fraction of sp³-hybridized carbons (Fsp3) is 0.333. The molecule has 0 aliphatic rings. The number of rotatable bonds is 5. The number of halogens is 2. The molecular weight excluding hydrogens is 256 g/mol. The molecule has 0 bridgehead atoms. The van der Waals surface area contributed by atoms with E-state index in [2.05, 4.69) is 10.1 Å². The van der Waals surface area contributed by atoms with Gasteiger partial charge >= 0.3 is 0 Å². The molecule has 19 heavy (non-hydrogen) atoms. The average Bonchev–Trinajstić information content (AvgIpc) is 2.89. The quantitative estimate of drug-likeness (QED) is 0.899. The SMILES string of the molecule is COCCC(N)c1nc(-c2ccc(F)c(F)c2)no1. The predicted molar refractivity (Wildman–Crippen MR) is 63.1 cm³/mol. The minimum atomic E-state index is -0.965. The summed E-state index contributed by atoms with van der Waals surface area (Å²) in [5.41, 5.74) is 6.14. The number of aromatic nitrogens is 2. The molecule has 0 fully saturated rings. The summed E-state index contributed by atoms with van der Waals surface area (Å²) in [5.74, 6) is -1.49. The van der Waals surface area contributed by atoms with Crippen molar-refractivity contribution in [3.8, 4) is 11.4 Å². The summed E-state index contributed by atoms with van der Waals surface area (Å²) in [6.45, 7) is 0.462. The molecule has 0 saturated carbocycles. The number of nitrogens with zero attached hydrogens (tertiary/aromatic N) is 2. The Morgan fingerprint density at radius 2 is 2.16 bits per heavy atom. The normalized spacial score (nSPS) is 12.6. The van der Waals surface area contributed by atoms with Crippen molar-refractivity contribution in [2.24, 2.45) is 5.73 Å². The number of benzene rings is 1.